The zero-order valence-electron chi connectivity index (χ0n) is 12.9. The average molecular weight is 375 g/mol. The quantitative estimate of drug-likeness (QED) is 0.450. The SMILES string of the molecule is CC(C)NC(=O)C(=O)NNC(=O)CNC(=O)c1ccc(Cl)c(Cl)c1. The van der Waals surface area contributed by atoms with Gasteiger partial charge in [-0.05, 0) is 32.0 Å². The summed E-state index contributed by atoms with van der Waals surface area (Å²) in [6, 6.07) is 4.03. The van der Waals surface area contributed by atoms with E-state index in [2.05, 4.69) is 10.6 Å². The molecule has 4 amide bonds. The van der Waals surface area contributed by atoms with Crippen LogP contribution in [0.15, 0.2) is 18.2 Å². The lowest BCUT2D eigenvalue weighted by molar-refractivity contribution is -0.141. The number of carbonyl (C=O) groups excluding carboxylic acids is 4. The van der Waals surface area contributed by atoms with Crippen LogP contribution in [-0.4, -0.2) is 36.2 Å². The maximum absolute atomic E-state index is 11.8. The van der Waals surface area contributed by atoms with Crippen molar-refractivity contribution in [1.82, 2.24) is 21.5 Å². The van der Waals surface area contributed by atoms with Crippen LogP contribution in [0.2, 0.25) is 10.0 Å². The van der Waals surface area contributed by atoms with E-state index in [0.29, 0.717) is 5.02 Å². The van der Waals surface area contributed by atoms with Crippen LogP contribution in [0.3, 0.4) is 0 Å². The first kappa shape index (κ1) is 19.7. The van der Waals surface area contributed by atoms with Crippen LogP contribution in [-0.2, 0) is 14.4 Å². The first-order valence-corrected chi connectivity index (χ1v) is 7.59. The fourth-order valence-electron chi connectivity index (χ4n) is 1.46. The highest BCUT2D eigenvalue weighted by Crippen LogP contribution is 2.22. The molecule has 0 aliphatic heterocycles. The summed E-state index contributed by atoms with van der Waals surface area (Å²) in [5, 5.41) is 5.18. The Kier molecular flexibility index (Phi) is 7.47. The van der Waals surface area contributed by atoms with Gasteiger partial charge in [-0.1, -0.05) is 23.2 Å². The van der Waals surface area contributed by atoms with Gasteiger partial charge in [-0.3, -0.25) is 30.0 Å². The minimum atomic E-state index is -1.02. The highest BCUT2D eigenvalue weighted by atomic mass is 35.5. The number of rotatable bonds is 4. The second-order valence-corrected chi connectivity index (χ2v) is 5.76. The molecule has 1 aromatic rings. The van der Waals surface area contributed by atoms with E-state index < -0.39 is 30.2 Å². The Labute approximate surface area is 148 Å². The molecule has 0 aliphatic rings. The molecule has 0 saturated heterocycles. The molecule has 1 rings (SSSR count). The summed E-state index contributed by atoms with van der Waals surface area (Å²) < 4.78 is 0. The first-order chi connectivity index (χ1) is 11.2. The predicted octanol–water partition coefficient (Wildman–Crippen LogP) is 0.395. The van der Waals surface area contributed by atoms with E-state index in [1.54, 1.807) is 13.8 Å². The molecular formula is C14H16Cl2N4O4. The van der Waals surface area contributed by atoms with Crippen molar-refractivity contribution in [3.8, 4) is 0 Å². The monoisotopic (exact) mass is 374 g/mol. The molecule has 0 bridgehead atoms. The number of halogens is 2. The summed E-state index contributed by atoms with van der Waals surface area (Å²) in [5.74, 6) is -3.17. The van der Waals surface area contributed by atoms with Gasteiger partial charge in [-0.25, -0.2) is 0 Å². The molecule has 0 atom stereocenters. The van der Waals surface area contributed by atoms with Crippen molar-refractivity contribution >= 4 is 46.8 Å². The molecule has 4 N–H and O–H groups in total. The summed E-state index contributed by atoms with van der Waals surface area (Å²) in [6.45, 7) is 2.95. The topological polar surface area (TPSA) is 116 Å². The Morgan fingerprint density at radius 2 is 1.67 bits per heavy atom. The van der Waals surface area contributed by atoms with Crippen molar-refractivity contribution in [1.29, 1.82) is 0 Å². The number of hydrogen-bond donors (Lipinski definition) is 4. The van der Waals surface area contributed by atoms with Crippen LogP contribution in [0.5, 0.6) is 0 Å². The van der Waals surface area contributed by atoms with Gasteiger partial charge in [0.15, 0.2) is 0 Å². The number of benzene rings is 1. The first-order valence-electron chi connectivity index (χ1n) is 6.83. The molecule has 8 nitrogen and oxygen atoms in total. The van der Waals surface area contributed by atoms with Gasteiger partial charge in [-0.2, -0.15) is 0 Å². The molecule has 0 spiro atoms. The largest absolute Gasteiger partial charge is 0.346 e. The molecule has 24 heavy (non-hydrogen) atoms. The summed E-state index contributed by atoms with van der Waals surface area (Å²) >= 11 is 11.5. The molecule has 0 unspecified atom stereocenters. The Morgan fingerprint density at radius 1 is 1.00 bits per heavy atom. The lowest BCUT2D eigenvalue weighted by Crippen LogP contribution is -2.51. The number of hydrogen-bond acceptors (Lipinski definition) is 4. The van der Waals surface area contributed by atoms with Gasteiger partial charge >= 0.3 is 11.8 Å². The Balaban J connectivity index is 2.40. The molecule has 0 saturated carbocycles. The minimum Gasteiger partial charge on any atom is -0.346 e. The lowest BCUT2D eigenvalue weighted by Gasteiger charge is -2.10. The van der Waals surface area contributed by atoms with Crippen molar-refractivity contribution in [3.05, 3.63) is 33.8 Å². The number of nitrogens with one attached hydrogen (secondary N) is 4. The molecule has 10 heteroatoms. The maximum atomic E-state index is 11.8. The van der Waals surface area contributed by atoms with E-state index in [4.69, 9.17) is 23.2 Å². The van der Waals surface area contributed by atoms with Gasteiger partial charge in [0, 0.05) is 11.6 Å². The van der Waals surface area contributed by atoms with Crippen LogP contribution in [0, 0.1) is 0 Å². The highest BCUT2D eigenvalue weighted by Gasteiger charge is 2.15. The zero-order chi connectivity index (χ0) is 18.3. The summed E-state index contributed by atoms with van der Waals surface area (Å²) in [4.78, 5) is 46.0. The van der Waals surface area contributed by atoms with Crippen molar-refractivity contribution in [2.24, 2.45) is 0 Å². The molecule has 1 aromatic carbocycles. The van der Waals surface area contributed by atoms with Crippen LogP contribution >= 0.6 is 23.2 Å². The third-order valence-corrected chi connectivity index (χ3v) is 3.27. The molecule has 0 aliphatic carbocycles. The zero-order valence-corrected chi connectivity index (χ0v) is 14.4. The molecule has 0 aromatic heterocycles. The number of carbonyl (C=O) groups is 4. The molecular weight excluding hydrogens is 359 g/mol. The van der Waals surface area contributed by atoms with Crippen LogP contribution in [0.1, 0.15) is 24.2 Å². The summed E-state index contributed by atoms with van der Waals surface area (Å²) in [7, 11) is 0. The van der Waals surface area contributed by atoms with Crippen molar-refractivity contribution in [2.75, 3.05) is 6.54 Å². The van der Waals surface area contributed by atoms with Gasteiger partial charge in [0.25, 0.3) is 11.8 Å². The van der Waals surface area contributed by atoms with Crippen molar-refractivity contribution in [3.63, 3.8) is 0 Å². The second kappa shape index (κ2) is 9.09. The number of amides is 4. The highest BCUT2D eigenvalue weighted by molar-refractivity contribution is 6.42. The third-order valence-electron chi connectivity index (χ3n) is 2.53. The molecule has 130 valence electrons. The smallest absolute Gasteiger partial charge is 0.327 e. The van der Waals surface area contributed by atoms with E-state index in [9.17, 15) is 19.2 Å². The lowest BCUT2D eigenvalue weighted by atomic mass is 10.2. The maximum Gasteiger partial charge on any atom is 0.327 e. The summed E-state index contributed by atoms with van der Waals surface area (Å²) in [5.41, 5.74) is 4.15. The molecule has 0 heterocycles. The van der Waals surface area contributed by atoms with Crippen molar-refractivity contribution < 1.29 is 19.2 Å². The normalized spacial score (nSPS) is 10.0. The van der Waals surface area contributed by atoms with Gasteiger partial charge in [0.1, 0.15) is 0 Å². The van der Waals surface area contributed by atoms with Gasteiger partial charge < -0.3 is 10.6 Å². The summed E-state index contributed by atoms with van der Waals surface area (Å²) in [6.07, 6.45) is 0. The Bertz CT molecular complexity index is 664. The number of hydrazine groups is 1. The second-order valence-electron chi connectivity index (χ2n) is 4.94. The van der Waals surface area contributed by atoms with E-state index >= 15 is 0 Å². The third kappa shape index (κ3) is 6.43. The predicted molar refractivity (Wildman–Crippen MR) is 88.4 cm³/mol. The molecule has 0 radical (unpaired) electrons. The fourth-order valence-corrected chi connectivity index (χ4v) is 1.75. The van der Waals surface area contributed by atoms with E-state index in [1.165, 1.54) is 18.2 Å². The Hall–Kier alpha value is -2.32. The van der Waals surface area contributed by atoms with Gasteiger partial charge in [0.2, 0.25) is 0 Å². The van der Waals surface area contributed by atoms with E-state index in [1.807, 2.05) is 10.9 Å². The van der Waals surface area contributed by atoms with E-state index in [-0.39, 0.29) is 16.6 Å². The van der Waals surface area contributed by atoms with Crippen LogP contribution in [0.25, 0.3) is 0 Å². The average Bonchev–Trinajstić information content (AvgIpc) is 2.52. The van der Waals surface area contributed by atoms with Crippen LogP contribution < -0.4 is 21.5 Å². The van der Waals surface area contributed by atoms with Crippen molar-refractivity contribution in [2.45, 2.75) is 19.9 Å². The minimum absolute atomic E-state index is 0.206. The Morgan fingerprint density at radius 3 is 2.25 bits per heavy atom. The van der Waals surface area contributed by atoms with E-state index in [0.717, 1.165) is 0 Å². The fraction of sp³-hybridized carbons (Fsp3) is 0.286. The standard InChI is InChI=1S/C14H16Cl2N4O4/c1-7(2)18-13(23)14(24)20-19-11(21)6-17-12(22)8-3-4-9(15)10(16)5-8/h3-5,7H,6H2,1-2H3,(H,17,22)(H,18,23)(H,19,21)(H,20,24). The van der Waals surface area contributed by atoms with Gasteiger partial charge in [0.05, 0.1) is 16.6 Å². The molecule has 0 fully saturated rings. The van der Waals surface area contributed by atoms with Gasteiger partial charge in [-0.15, -0.1) is 0 Å². The van der Waals surface area contributed by atoms with Crippen LogP contribution in [0.4, 0.5) is 0 Å².